The topological polar surface area (TPSA) is 122 Å². The zero-order valence-electron chi connectivity index (χ0n) is 22.3. The number of imidazole rings is 1. The van der Waals surface area contributed by atoms with Crippen molar-refractivity contribution in [2.45, 2.75) is 38.6 Å². The molecule has 0 saturated carbocycles. The number of nitrogens with zero attached hydrogens (tertiary/aromatic N) is 4. The van der Waals surface area contributed by atoms with Gasteiger partial charge in [-0.1, -0.05) is 36.4 Å². The quantitative estimate of drug-likeness (QED) is 0.288. The predicted octanol–water partition coefficient (Wildman–Crippen LogP) is 4.04. The second-order valence-corrected chi connectivity index (χ2v) is 9.85. The number of amides is 1. The minimum absolute atomic E-state index is 0.0647. The van der Waals surface area contributed by atoms with E-state index in [0.29, 0.717) is 53.4 Å². The zero-order valence-corrected chi connectivity index (χ0v) is 22.3. The van der Waals surface area contributed by atoms with E-state index in [-0.39, 0.29) is 31.3 Å². The second-order valence-electron chi connectivity index (χ2n) is 9.85. The van der Waals surface area contributed by atoms with Crippen LogP contribution in [0.3, 0.4) is 0 Å². The number of pyridine rings is 1. The maximum absolute atomic E-state index is 14.6. The van der Waals surface area contributed by atoms with E-state index in [2.05, 4.69) is 15.6 Å². The number of fused-ring (bicyclic) bond motifs is 1. The lowest BCUT2D eigenvalue weighted by molar-refractivity contribution is -0.137. The summed E-state index contributed by atoms with van der Waals surface area (Å²) in [5.74, 6) is -0.480. The number of carbonyl (C=O) groups is 2. The summed E-state index contributed by atoms with van der Waals surface area (Å²) in [5.41, 5.74) is 2.72. The van der Waals surface area contributed by atoms with Crippen LogP contribution in [0.1, 0.15) is 17.8 Å². The summed E-state index contributed by atoms with van der Waals surface area (Å²) in [6.07, 6.45) is 0.307. The standard InChI is InChI=1S/C29H31FN6O4/c1-18-32-25-12-20(30)11-23(28(25)35(18)16-27(37)38)24-9-6-10-26(34-24)33-21-13-22(14-31-2)36(15-21)29(39)40-17-19-7-4-3-5-8-19/h3-12,21-22,31H,13-17H2,1-2H3,(H,33,34)(H,37,38)/t21-,22-/m0/s1. The number of rotatable bonds is 9. The highest BCUT2D eigenvalue weighted by molar-refractivity contribution is 5.92. The Morgan fingerprint density at radius 3 is 2.67 bits per heavy atom. The van der Waals surface area contributed by atoms with E-state index < -0.39 is 11.8 Å². The summed E-state index contributed by atoms with van der Waals surface area (Å²) in [6.45, 7) is 2.63. The molecule has 10 nitrogen and oxygen atoms in total. The highest BCUT2D eigenvalue weighted by atomic mass is 19.1. The fourth-order valence-corrected chi connectivity index (χ4v) is 5.22. The lowest BCUT2D eigenvalue weighted by Gasteiger charge is -2.23. The van der Waals surface area contributed by atoms with Crippen molar-refractivity contribution in [2.75, 3.05) is 25.5 Å². The van der Waals surface area contributed by atoms with Crippen LogP contribution in [0.5, 0.6) is 0 Å². The third-order valence-corrected chi connectivity index (χ3v) is 6.96. The van der Waals surface area contributed by atoms with Crippen LogP contribution in [0.25, 0.3) is 22.3 Å². The SMILES string of the molecule is CNC[C@@H]1C[C@H](Nc2cccc(-c3cc(F)cc4nc(C)n(CC(=O)O)c34)n2)CN1C(=O)OCc1ccccc1. The molecule has 2 aromatic carbocycles. The molecule has 1 aliphatic heterocycles. The summed E-state index contributed by atoms with van der Waals surface area (Å²) in [4.78, 5) is 35.3. The Hall–Kier alpha value is -4.51. The van der Waals surface area contributed by atoms with Crippen molar-refractivity contribution in [2.24, 2.45) is 0 Å². The molecular formula is C29H31FN6O4. The molecule has 1 saturated heterocycles. The number of anilines is 1. The number of carboxylic acid groups (broad SMARTS) is 1. The Balaban J connectivity index is 1.36. The summed E-state index contributed by atoms with van der Waals surface area (Å²) in [5, 5.41) is 16.0. The molecular weight excluding hydrogens is 515 g/mol. The number of halogens is 1. The average molecular weight is 547 g/mol. The molecule has 1 aliphatic rings. The molecule has 3 N–H and O–H groups in total. The molecule has 0 bridgehead atoms. The van der Waals surface area contributed by atoms with Crippen molar-refractivity contribution in [1.29, 1.82) is 0 Å². The number of likely N-dealkylation sites (N-methyl/N-ethyl adjacent to an activating group) is 1. The molecule has 0 unspecified atom stereocenters. The van der Waals surface area contributed by atoms with Gasteiger partial charge in [0.05, 0.1) is 16.7 Å². The third kappa shape index (κ3) is 5.89. The maximum Gasteiger partial charge on any atom is 0.410 e. The van der Waals surface area contributed by atoms with Crippen molar-refractivity contribution in [3.63, 3.8) is 0 Å². The Kier molecular flexibility index (Phi) is 7.92. The largest absolute Gasteiger partial charge is 0.480 e. The molecule has 2 atom stereocenters. The Morgan fingerprint density at radius 2 is 1.93 bits per heavy atom. The molecule has 40 heavy (non-hydrogen) atoms. The fraction of sp³-hybridized carbons (Fsp3) is 0.310. The highest BCUT2D eigenvalue weighted by Crippen LogP contribution is 2.31. The number of nitrogens with one attached hydrogen (secondary N) is 2. The normalized spacial score (nSPS) is 16.8. The smallest absolute Gasteiger partial charge is 0.410 e. The van der Waals surface area contributed by atoms with Crippen LogP contribution >= 0.6 is 0 Å². The van der Waals surface area contributed by atoms with Gasteiger partial charge >= 0.3 is 12.1 Å². The van der Waals surface area contributed by atoms with Gasteiger partial charge in [0.15, 0.2) is 0 Å². The Bertz CT molecular complexity index is 1530. The minimum atomic E-state index is -1.02. The molecule has 1 amide bonds. The number of aromatic nitrogens is 3. The number of benzene rings is 2. The van der Waals surface area contributed by atoms with Crippen molar-refractivity contribution in [1.82, 2.24) is 24.8 Å². The van der Waals surface area contributed by atoms with Crippen LogP contribution in [0.2, 0.25) is 0 Å². The first kappa shape index (κ1) is 27.1. The van der Waals surface area contributed by atoms with Crippen molar-refractivity contribution in [3.8, 4) is 11.3 Å². The number of hydrogen-bond acceptors (Lipinski definition) is 7. The molecule has 1 fully saturated rings. The number of carbonyl (C=O) groups excluding carboxylic acids is 1. The van der Waals surface area contributed by atoms with Crippen molar-refractivity contribution >= 4 is 28.9 Å². The zero-order chi connectivity index (χ0) is 28.2. The molecule has 2 aromatic heterocycles. The first-order valence-corrected chi connectivity index (χ1v) is 13.1. The van der Waals surface area contributed by atoms with Crippen LogP contribution in [0, 0.1) is 12.7 Å². The van der Waals surface area contributed by atoms with Crippen LogP contribution in [-0.4, -0.2) is 68.8 Å². The number of aryl methyl sites for hydroxylation is 1. The Morgan fingerprint density at radius 1 is 1.12 bits per heavy atom. The summed E-state index contributed by atoms with van der Waals surface area (Å²) >= 11 is 0. The van der Waals surface area contributed by atoms with Gasteiger partial charge in [0.1, 0.15) is 30.6 Å². The van der Waals surface area contributed by atoms with E-state index in [1.807, 2.05) is 43.4 Å². The van der Waals surface area contributed by atoms with Gasteiger partial charge in [-0.15, -0.1) is 0 Å². The Labute approximate surface area is 230 Å². The van der Waals surface area contributed by atoms with E-state index in [0.717, 1.165) is 5.56 Å². The molecule has 11 heteroatoms. The second kappa shape index (κ2) is 11.7. The molecule has 5 rings (SSSR count). The molecule has 0 spiro atoms. The number of likely N-dealkylation sites (tertiary alicyclic amines) is 1. The van der Waals surface area contributed by atoms with Crippen molar-refractivity contribution in [3.05, 3.63) is 77.9 Å². The van der Waals surface area contributed by atoms with E-state index in [4.69, 9.17) is 9.72 Å². The van der Waals surface area contributed by atoms with E-state index in [1.54, 1.807) is 28.5 Å². The van der Waals surface area contributed by atoms with Gasteiger partial charge in [0.25, 0.3) is 0 Å². The van der Waals surface area contributed by atoms with Crippen LogP contribution in [0.4, 0.5) is 15.0 Å². The van der Waals surface area contributed by atoms with E-state index >= 15 is 0 Å². The predicted molar refractivity (Wildman–Crippen MR) is 148 cm³/mol. The highest BCUT2D eigenvalue weighted by Gasteiger charge is 2.36. The number of carboxylic acids is 1. The van der Waals surface area contributed by atoms with Gasteiger partial charge in [0, 0.05) is 36.8 Å². The molecule has 208 valence electrons. The van der Waals surface area contributed by atoms with Gasteiger partial charge in [-0.3, -0.25) is 4.79 Å². The summed E-state index contributed by atoms with van der Waals surface area (Å²) in [6, 6.07) is 17.4. The lowest BCUT2D eigenvalue weighted by atomic mass is 10.1. The van der Waals surface area contributed by atoms with E-state index in [1.165, 1.54) is 12.1 Å². The van der Waals surface area contributed by atoms with Gasteiger partial charge in [-0.05, 0) is 44.2 Å². The van der Waals surface area contributed by atoms with Gasteiger partial charge in [-0.2, -0.15) is 0 Å². The number of hydrogen-bond donors (Lipinski definition) is 3. The van der Waals surface area contributed by atoms with Crippen molar-refractivity contribution < 1.29 is 23.8 Å². The minimum Gasteiger partial charge on any atom is -0.480 e. The number of aliphatic carboxylic acids is 1. The van der Waals surface area contributed by atoms with Crippen LogP contribution < -0.4 is 10.6 Å². The molecule has 0 aliphatic carbocycles. The number of ether oxygens (including phenoxy) is 1. The molecule has 0 radical (unpaired) electrons. The lowest BCUT2D eigenvalue weighted by Crippen LogP contribution is -2.41. The maximum atomic E-state index is 14.6. The first-order valence-electron chi connectivity index (χ1n) is 13.1. The van der Waals surface area contributed by atoms with Crippen LogP contribution in [0.15, 0.2) is 60.7 Å². The summed E-state index contributed by atoms with van der Waals surface area (Å²) < 4.78 is 21.7. The molecule has 4 aromatic rings. The van der Waals surface area contributed by atoms with Gasteiger partial charge in [0.2, 0.25) is 0 Å². The first-order chi connectivity index (χ1) is 19.3. The fourth-order valence-electron chi connectivity index (χ4n) is 5.22. The summed E-state index contributed by atoms with van der Waals surface area (Å²) in [7, 11) is 1.84. The van der Waals surface area contributed by atoms with Gasteiger partial charge < -0.3 is 29.9 Å². The average Bonchev–Trinajstić information content (AvgIpc) is 3.47. The third-order valence-electron chi connectivity index (χ3n) is 6.96. The van der Waals surface area contributed by atoms with Gasteiger partial charge in [-0.25, -0.2) is 19.2 Å². The van der Waals surface area contributed by atoms with Crippen LogP contribution in [-0.2, 0) is 22.7 Å². The molecule has 3 heterocycles. The van der Waals surface area contributed by atoms with E-state index in [9.17, 15) is 19.1 Å². The monoisotopic (exact) mass is 546 g/mol.